The van der Waals surface area contributed by atoms with Crippen LogP contribution in [0.1, 0.15) is 16.5 Å². The quantitative estimate of drug-likeness (QED) is 0.719. The Morgan fingerprint density at radius 2 is 1.88 bits per heavy atom. The standard InChI is InChI=1S/C16H14N4O4S/c1-9-4-2-6-18-12(9)11-8-10-5-3-7-19-13(10)14(20-11)15(16(21)22)25(17,23)24/h2-8,15H,1H3,(H,21,22)(H2,17,23,24). The fourth-order valence-corrected chi connectivity index (χ4v) is 3.34. The molecular formula is C16H14N4O4S. The number of nitrogens with zero attached hydrogens (tertiary/aromatic N) is 3. The number of hydrogen-bond donors (Lipinski definition) is 2. The van der Waals surface area contributed by atoms with Gasteiger partial charge in [0.1, 0.15) is 0 Å². The second-order valence-electron chi connectivity index (χ2n) is 5.44. The Bertz CT molecular complexity index is 1080. The fourth-order valence-electron chi connectivity index (χ4n) is 2.58. The fraction of sp³-hybridized carbons (Fsp3) is 0.125. The molecule has 0 radical (unpaired) electrons. The number of pyridine rings is 3. The lowest BCUT2D eigenvalue weighted by Gasteiger charge is -2.14. The van der Waals surface area contributed by atoms with Crippen LogP contribution in [0.15, 0.2) is 42.7 Å². The summed E-state index contributed by atoms with van der Waals surface area (Å²) in [5.74, 6) is -1.61. The summed E-state index contributed by atoms with van der Waals surface area (Å²) in [7, 11) is -4.44. The maximum Gasteiger partial charge on any atom is 0.329 e. The lowest BCUT2D eigenvalue weighted by atomic mass is 10.1. The summed E-state index contributed by atoms with van der Waals surface area (Å²) >= 11 is 0. The molecule has 25 heavy (non-hydrogen) atoms. The smallest absolute Gasteiger partial charge is 0.329 e. The average molecular weight is 358 g/mol. The van der Waals surface area contributed by atoms with Gasteiger partial charge < -0.3 is 5.11 Å². The van der Waals surface area contributed by atoms with Gasteiger partial charge in [0.15, 0.2) is 0 Å². The van der Waals surface area contributed by atoms with Crippen LogP contribution >= 0.6 is 0 Å². The number of nitrogens with two attached hydrogens (primary N) is 1. The predicted octanol–water partition coefficient (Wildman–Crippen LogP) is 1.41. The molecule has 3 heterocycles. The summed E-state index contributed by atoms with van der Waals surface area (Å²) < 4.78 is 23.7. The normalized spacial score (nSPS) is 12.9. The minimum absolute atomic E-state index is 0.168. The van der Waals surface area contributed by atoms with Crippen molar-refractivity contribution in [1.82, 2.24) is 15.0 Å². The van der Waals surface area contributed by atoms with Gasteiger partial charge in [-0.15, -0.1) is 0 Å². The zero-order valence-corrected chi connectivity index (χ0v) is 13.9. The summed E-state index contributed by atoms with van der Waals surface area (Å²) in [5.41, 5.74) is 1.62. The van der Waals surface area contributed by atoms with E-state index in [0.29, 0.717) is 16.8 Å². The summed E-state index contributed by atoms with van der Waals surface area (Å²) in [6.07, 6.45) is 3.01. The van der Waals surface area contributed by atoms with Gasteiger partial charge in [-0.05, 0) is 30.7 Å². The van der Waals surface area contributed by atoms with Gasteiger partial charge in [0.2, 0.25) is 15.3 Å². The molecule has 3 rings (SSSR count). The molecule has 0 aromatic carbocycles. The van der Waals surface area contributed by atoms with Gasteiger partial charge in [0.05, 0.1) is 22.6 Å². The van der Waals surface area contributed by atoms with E-state index in [2.05, 4.69) is 15.0 Å². The summed E-state index contributed by atoms with van der Waals surface area (Å²) in [6.45, 7) is 1.82. The van der Waals surface area contributed by atoms with Gasteiger partial charge in [0, 0.05) is 17.8 Å². The molecule has 0 spiro atoms. The Hall–Kier alpha value is -2.91. The van der Waals surface area contributed by atoms with Crippen LogP contribution in [0.3, 0.4) is 0 Å². The number of sulfonamides is 1. The van der Waals surface area contributed by atoms with Crippen molar-refractivity contribution >= 4 is 26.9 Å². The van der Waals surface area contributed by atoms with Crippen molar-refractivity contribution in [1.29, 1.82) is 0 Å². The van der Waals surface area contributed by atoms with Crippen molar-refractivity contribution in [2.24, 2.45) is 5.14 Å². The second kappa shape index (κ2) is 6.19. The Morgan fingerprint density at radius 1 is 1.20 bits per heavy atom. The number of aromatic nitrogens is 3. The third-order valence-electron chi connectivity index (χ3n) is 3.67. The van der Waals surface area contributed by atoms with E-state index in [-0.39, 0.29) is 11.2 Å². The first-order chi connectivity index (χ1) is 11.8. The number of aryl methyl sites for hydroxylation is 1. The highest BCUT2D eigenvalue weighted by Crippen LogP contribution is 2.30. The lowest BCUT2D eigenvalue weighted by molar-refractivity contribution is -0.136. The first-order valence-corrected chi connectivity index (χ1v) is 8.82. The summed E-state index contributed by atoms with van der Waals surface area (Å²) in [6, 6.07) is 8.62. The topological polar surface area (TPSA) is 136 Å². The van der Waals surface area contributed by atoms with Crippen LogP contribution in [-0.4, -0.2) is 34.4 Å². The molecule has 8 nitrogen and oxygen atoms in total. The van der Waals surface area contributed by atoms with Crippen LogP contribution in [0.5, 0.6) is 0 Å². The van der Waals surface area contributed by atoms with Crippen LogP contribution in [0.2, 0.25) is 0 Å². The maximum absolute atomic E-state index is 11.8. The Morgan fingerprint density at radius 3 is 2.52 bits per heavy atom. The largest absolute Gasteiger partial charge is 0.480 e. The van der Waals surface area contributed by atoms with E-state index in [1.807, 2.05) is 13.0 Å². The molecule has 0 saturated carbocycles. The number of carboxylic acids is 1. The third kappa shape index (κ3) is 3.19. The van der Waals surface area contributed by atoms with Crippen molar-refractivity contribution < 1.29 is 18.3 Å². The molecule has 1 atom stereocenters. The van der Waals surface area contributed by atoms with Crippen molar-refractivity contribution in [2.75, 3.05) is 0 Å². The van der Waals surface area contributed by atoms with Gasteiger partial charge in [-0.3, -0.25) is 14.8 Å². The minimum atomic E-state index is -4.44. The monoisotopic (exact) mass is 358 g/mol. The number of carboxylic acid groups (broad SMARTS) is 1. The molecule has 0 amide bonds. The van der Waals surface area contributed by atoms with E-state index in [0.717, 1.165) is 5.56 Å². The molecule has 3 aromatic rings. The molecule has 0 aliphatic carbocycles. The van der Waals surface area contributed by atoms with E-state index in [1.54, 1.807) is 30.5 Å². The van der Waals surface area contributed by atoms with E-state index >= 15 is 0 Å². The zero-order chi connectivity index (χ0) is 18.2. The first kappa shape index (κ1) is 16.9. The van der Waals surface area contributed by atoms with Gasteiger partial charge in [0.25, 0.3) is 0 Å². The molecule has 1 unspecified atom stereocenters. The van der Waals surface area contributed by atoms with Crippen molar-refractivity contribution in [3.8, 4) is 11.4 Å². The summed E-state index contributed by atoms with van der Waals surface area (Å²) in [5, 5.41) is 13.0. The van der Waals surface area contributed by atoms with Gasteiger partial charge in [-0.2, -0.15) is 0 Å². The van der Waals surface area contributed by atoms with Gasteiger partial charge in [-0.25, -0.2) is 18.5 Å². The highest BCUT2D eigenvalue weighted by molar-refractivity contribution is 7.90. The van der Waals surface area contributed by atoms with E-state index in [1.165, 1.54) is 6.20 Å². The van der Waals surface area contributed by atoms with Crippen LogP contribution < -0.4 is 5.14 Å². The first-order valence-electron chi connectivity index (χ1n) is 7.21. The van der Waals surface area contributed by atoms with Crippen molar-refractivity contribution in [3.63, 3.8) is 0 Å². The van der Waals surface area contributed by atoms with E-state index in [4.69, 9.17) is 5.14 Å². The Kier molecular flexibility index (Phi) is 4.19. The highest BCUT2D eigenvalue weighted by atomic mass is 32.2. The number of rotatable bonds is 4. The van der Waals surface area contributed by atoms with E-state index in [9.17, 15) is 18.3 Å². The number of primary sulfonamides is 1. The SMILES string of the molecule is Cc1cccnc1-c1cc2cccnc2c(C(C(=O)O)S(N)(=O)=O)n1. The van der Waals surface area contributed by atoms with Gasteiger partial charge >= 0.3 is 5.97 Å². The Labute approximate surface area is 143 Å². The lowest BCUT2D eigenvalue weighted by Crippen LogP contribution is -2.29. The van der Waals surface area contributed by atoms with E-state index < -0.39 is 21.2 Å². The summed E-state index contributed by atoms with van der Waals surface area (Å²) in [4.78, 5) is 24.2. The second-order valence-corrected chi connectivity index (χ2v) is 7.09. The number of aliphatic carboxylic acids is 1. The Balaban J connectivity index is 2.38. The van der Waals surface area contributed by atoms with Crippen LogP contribution in [0.4, 0.5) is 0 Å². The number of fused-ring (bicyclic) bond motifs is 1. The van der Waals surface area contributed by atoms with Crippen molar-refractivity contribution in [3.05, 3.63) is 54.0 Å². The maximum atomic E-state index is 11.8. The molecule has 128 valence electrons. The molecule has 0 bridgehead atoms. The molecule has 0 fully saturated rings. The number of hydrogen-bond acceptors (Lipinski definition) is 6. The third-order valence-corrected chi connectivity index (χ3v) is 4.75. The minimum Gasteiger partial charge on any atom is -0.480 e. The van der Waals surface area contributed by atoms with Crippen LogP contribution in [-0.2, 0) is 14.8 Å². The molecule has 0 aliphatic heterocycles. The number of carbonyl (C=O) groups is 1. The highest BCUT2D eigenvalue weighted by Gasteiger charge is 2.35. The molecule has 0 aliphatic rings. The average Bonchev–Trinajstić information content (AvgIpc) is 2.53. The van der Waals surface area contributed by atoms with Crippen LogP contribution in [0.25, 0.3) is 22.3 Å². The van der Waals surface area contributed by atoms with Crippen LogP contribution in [0, 0.1) is 6.92 Å². The molecule has 3 aromatic heterocycles. The van der Waals surface area contributed by atoms with Gasteiger partial charge in [-0.1, -0.05) is 12.1 Å². The van der Waals surface area contributed by atoms with Crippen molar-refractivity contribution in [2.45, 2.75) is 12.2 Å². The zero-order valence-electron chi connectivity index (χ0n) is 13.1. The molecular weight excluding hydrogens is 344 g/mol. The molecule has 3 N–H and O–H groups in total. The molecule has 9 heteroatoms. The predicted molar refractivity (Wildman–Crippen MR) is 91.0 cm³/mol. The molecule has 0 saturated heterocycles.